The first-order valence-electron chi connectivity index (χ1n) is 7.29. The second-order valence-electron chi connectivity index (χ2n) is 5.10. The van der Waals surface area contributed by atoms with Crippen LogP contribution in [0.5, 0.6) is 0 Å². The van der Waals surface area contributed by atoms with Gasteiger partial charge in [0.15, 0.2) is 11.7 Å². The molecule has 1 aromatic carbocycles. The number of halogens is 1. The highest BCUT2D eigenvalue weighted by Crippen LogP contribution is 2.32. The lowest BCUT2D eigenvalue weighted by atomic mass is 10.2. The molecule has 3 aromatic rings. The van der Waals surface area contributed by atoms with Gasteiger partial charge in [0.1, 0.15) is 10.8 Å². The summed E-state index contributed by atoms with van der Waals surface area (Å²) in [6.45, 7) is 2.08. The van der Waals surface area contributed by atoms with Gasteiger partial charge < -0.3 is 15.5 Å². The van der Waals surface area contributed by atoms with Crippen molar-refractivity contribution < 1.29 is 5.21 Å². The van der Waals surface area contributed by atoms with E-state index in [1.165, 1.54) is 0 Å². The van der Waals surface area contributed by atoms with E-state index in [-0.39, 0.29) is 5.84 Å². The van der Waals surface area contributed by atoms with Gasteiger partial charge in [-0.15, -0.1) is 11.8 Å². The molecule has 3 N–H and O–H groups in total. The monoisotopic (exact) mass is 361 g/mol. The molecule has 0 saturated heterocycles. The SMILES string of the molecule is CCSc1ccc(Cl)nc1-c1nc2cc(C(N)=NO)ccc2n1C. The summed E-state index contributed by atoms with van der Waals surface area (Å²) >= 11 is 7.78. The van der Waals surface area contributed by atoms with E-state index in [9.17, 15) is 0 Å². The van der Waals surface area contributed by atoms with Crippen LogP contribution in [-0.2, 0) is 7.05 Å². The summed E-state index contributed by atoms with van der Waals surface area (Å²) in [6.07, 6.45) is 0. The fraction of sp³-hybridized carbons (Fsp3) is 0.188. The summed E-state index contributed by atoms with van der Waals surface area (Å²) in [7, 11) is 1.93. The first-order chi connectivity index (χ1) is 11.5. The van der Waals surface area contributed by atoms with Crippen LogP contribution in [0.25, 0.3) is 22.6 Å². The summed E-state index contributed by atoms with van der Waals surface area (Å²) in [4.78, 5) is 10.2. The Morgan fingerprint density at radius 2 is 2.12 bits per heavy atom. The quantitative estimate of drug-likeness (QED) is 0.185. The van der Waals surface area contributed by atoms with E-state index in [2.05, 4.69) is 22.0 Å². The zero-order chi connectivity index (χ0) is 17.3. The Morgan fingerprint density at radius 1 is 1.33 bits per heavy atom. The normalized spacial score (nSPS) is 12.0. The zero-order valence-electron chi connectivity index (χ0n) is 13.2. The summed E-state index contributed by atoms with van der Waals surface area (Å²) in [5.41, 5.74) is 8.68. The van der Waals surface area contributed by atoms with E-state index in [0.717, 1.165) is 33.2 Å². The van der Waals surface area contributed by atoms with E-state index in [1.54, 1.807) is 30.0 Å². The van der Waals surface area contributed by atoms with Gasteiger partial charge in [-0.05, 0) is 36.1 Å². The summed E-state index contributed by atoms with van der Waals surface area (Å²) in [5.74, 6) is 1.70. The minimum atomic E-state index is 0.0483. The molecule has 124 valence electrons. The largest absolute Gasteiger partial charge is 0.409 e. The summed E-state index contributed by atoms with van der Waals surface area (Å²) in [6, 6.07) is 9.19. The van der Waals surface area contributed by atoms with Crippen LogP contribution in [0, 0.1) is 0 Å². The molecular formula is C16H16ClN5OS. The van der Waals surface area contributed by atoms with Crippen LogP contribution in [-0.4, -0.2) is 31.3 Å². The molecule has 8 heteroatoms. The van der Waals surface area contributed by atoms with Gasteiger partial charge in [-0.25, -0.2) is 9.97 Å². The van der Waals surface area contributed by atoms with Crippen molar-refractivity contribution in [3.05, 3.63) is 41.0 Å². The van der Waals surface area contributed by atoms with Crippen LogP contribution in [0.3, 0.4) is 0 Å². The Labute approximate surface area is 148 Å². The van der Waals surface area contributed by atoms with E-state index in [1.807, 2.05) is 23.7 Å². The van der Waals surface area contributed by atoms with Crippen molar-refractivity contribution in [2.24, 2.45) is 17.9 Å². The molecule has 0 saturated carbocycles. The van der Waals surface area contributed by atoms with Crippen LogP contribution >= 0.6 is 23.4 Å². The van der Waals surface area contributed by atoms with Gasteiger partial charge in [-0.2, -0.15) is 0 Å². The molecule has 6 nitrogen and oxygen atoms in total. The van der Waals surface area contributed by atoms with Crippen LogP contribution in [0.1, 0.15) is 12.5 Å². The lowest BCUT2D eigenvalue weighted by molar-refractivity contribution is 0.318. The van der Waals surface area contributed by atoms with Crippen molar-refractivity contribution in [2.45, 2.75) is 11.8 Å². The van der Waals surface area contributed by atoms with Gasteiger partial charge in [-0.3, -0.25) is 0 Å². The van der Waals surface area contributed by atoms with Crippen LogP contribution in [0.4, 0.5) is 0 Å². The topological polar surface area (TPSA) is 89.3 Å². The number of nitrogens with two attached hydrogens (primary N) is 1. The highest BCUT2D eigenvalue weighted by Gasteiger charge is 2.16. The molecule has 0 spiro atoms. The number of imidazole rings is 1. The van der Waals surface area contributed by atoms with Crippen molar-refractivity contribution in [3.8, 4) is 11.5 Å². The van der Waals surface area contributed by atoms with Crippen molar-refractivity contribution >= 4 is 40.2 Å². The lowest BCUT2D eigenvalue weighted by Gasteiger charge is -2.08. The van der Waals surface area contributed by atoms with E-state index in [0.29, 0.717) is 10.7 Å². The molecule has 0 atom stereocenters. The van der Waals surface area contributed by atoms with Crippen molar-refractivity contribution in [3.63, 3.8) is 0 Å². The molecule has 3 rings (SSSR count). The van der Waals surface area contributed by atoms with Crippen LogP contribution in [0.2, 0.25) is 5.15 Å². The molecule has 0 aliphatic rings. The number of nitrogens with zero attached hydrogens (tertiary/aromatic N) is 4. The third-order valence-corrected chi connectivity index (χ3v) is 4.76. The average molecular weight is 362 g/mol. The number of thioether (sulfide) groups is 1. The number of oxime groups is 1. The maximum absolute atomic E-state index is 8.83. The molecular weight excluding hydrogens is 346 g/mol. The number of benzene rings is 1. The molecule has 0 unspecified atom stereocenters. The molecule has 2 heterocycles. The van der Waals surface area contributed by atoms with Crippen molar-refractivity contribution in [1.29, 1.82) is 0 Å². The number of hydrogen-bond acceptors (Lipinski definition) is 5. The maximum atomic E-state index is 8.83. The van der Waals surface area contributed by atoms with E-state index >= 15 is 0 Å². The third-order valence-electron chi connectivity index (χ3n) is 3.62. The van der Waals surface area contributed by atoms with Crippen molar-refractivity contribution in [2.75, 3.05) is 5.75 Å². The molecule has 0 bridgehead atoms. The van der Waals surface area contributed by atoms with Gasteiger partial charge in [0.05, 0.1) is 11.0 Å². The Morgan fingerprint density at radius 3 is 2.83 bits per heavy atom. The minimum Gasteiger partial charge on any atom is -0.409 e. The molecule has 0 amide bonds. The minimum absolute atomic E-state index is 0.0483. The van der Waals surface area contributed by atoms with Crippen LogP contribution < -0.4 is 5.73 Å². The molecule has 0 aliphatic heterocycles. The predicted octanol–water partition coefficient (Wildman–Crippen LogP) is 3.50. The Bertz CT molecular complexity index is 938. The number of aromatic nitrogens is 3. The molecule has 2 aromatic heterocycles. The highest BCUT2D eigenvalue weighted by molar-refractivity contribution is 7.99. The zero-order valence-corrected chi connectivity index (χ0v) is 14.8. The standard InChI is InChI=1S/C16H16ClN5OS/c1-3-24-12-6-7-13(17)20-14(12)16-19-10-8-9(15(18)21-23)4-5-11(10)22(16)2/h4-8,23H,3H2,1-2H3,(H2,18,21). The molecule has 0 aliphatic carbocycles. The van der Waals surface area contributed by atoms with Gasteiger partial charge >= 0.3 is 0 Å². The summed E-state index contributed by atoms with van der Waals surface area (Å²) < 4.78 is 1.96. The number of hydrogen-bond donors (Lipinski definition) is 2. The number of aryl methyl sites for hydroxylation is 1. The smallest absolute Gasteiger partial charge is 0.170 e. The van der Waals surface area contributed by atoms with Crippen molar-refractivity contribution in [1.82, 2.24) is 14.5 Å². The Kier molecular flexibility index (Phi) is 4.64. The number of rotatable bonds is 4. The lowest BCUT2D eigenvalue weighted by Crippen LogP contribution is -2.12. The first kappa shape index (κ1) is 16.6. The van der Waals surface area contributed by atoms with E-state index in [4.69, 9.17) is 22.5 Å². The number of amidine groups is 1. The third kappa shape index (κ3) is 2.92. The van der Waals surface area contributed by atoms with Gasteiger partial charge in [0.2, 0.25) is 0 Å². The number of pyridine rings is 1. The molecule has 0 radical (unpaired) electrons. The van der Waals surface area contributed by atoms with Crippen LogP contribution in [0.15, 0.2) is 40.4 Å². The van der Waals surface area contributed by atoms with E-state index < -0.39 is 0 Å². The number of fused-ring (bicyclic) bond motifs is 1. The van der Waals surface area contributed by atoms with Gasteiger partial charge in [0, 0.05) is 17.5 Å². The van der Waals surface area contributed by atoms with Gasteiger partial charge in [-0.1, -0.05) is 23.7 Å². The predicted molar refractivity (Wildman–Crippen MR) is 97.9 cm³/mol. The summed E-state index contributed by atoms with van der Waals surface area (Å²) in [5, 5.41) is 12.3. The Balaban J connectivity index is 2.20. The maximum Gasteiger partial charge on any atom is 0.170 e. The average Bonchev–Trinajstić information content (AvgIpc) is 2.92. The fourth-order valence-corrected chi connectivity index (χ4v) is 3.38. The molecule has 24 heavy (non-hydrogen) atoms. The fourth-order valence-electron chi connectivity index (χ4n) is 2.48. The second kappa shape index (κ2) is 6.70. The highest BCUT2D eigenvalue weighted by atomic mass is 35.5. The first-order valence-corrected chi connectivity index (χ1v) is 8.65. The molecule has 0 fully saturated rings. The second-order valence-corrected chi connectivity index (χ2v) is 6.79. The van der Waals surface area contributed by atoms with Gasteiger partial charge in [0.25, 0.3) is 0 Å². The Hall–Kier alpha value is -2.25.